The third kappa shape index (κ3) is 6.11. The number of carboxylic acids is 1. The summed E-state index contributed by atoms with van der Waals surface area (Å²) in [6.45, 7) is 2.30. The number of aliphatic carboxylic acids is 1. The van der Waals surface area contributed by atoms with Gasteiger partial charge in [0.2, 0.25) is 0 Å². The van der Waals surface area contributed by atoms with Crippen LogP contribution in [0.25, 0.3) is 10.9 Å². The number of para-hydroxylation sites is 1. The van der Waals surface area contributed by atoms with Gasteiger partial charge in [0.1, 0.15) is 5.69 Å². The number of carboxylic acid groups (broad SMARTS) is 1. The lowest BCUT2D eigenvalue weighted by Crippen LogP contribution is -2.37. The Balaban J connectivity index is 0.000000384. The fourth-order valence-electron chi connectivity index (χ4n) is 3.87. The number of carbonyl (C=O) groups excluding carboxylic acids is 1. The monoisotopic (exact) mass is 500 g/mol. The molecule has 1 aliphatic rings. The third-order valence-corrected chi connectivity index (χ3v) is 5.60. The SMILES string of the molecule is O=C(O)C(F)(F)F.O=C(c1cc2ccccc2[nH]1)N1Cc2cccn2CC(OCc2cccnc2)C1. The quantitative estimate of drug-likeness (QED) is 0.437. The van der Waals surface area contributed by atoms with Gasteiger partial charge in [-0.15, -0.1) is 0 Å². The predicted molar refractivity (Wildman–Crippen MR) is 124 cm³/mol. The zero-order chi connectivity index (χ0) is 25.7. The second kappa shape index (κ2) is 10.6. The van der Waals surface area contributed by atoms with Gasteiger partial charge in [-0.05, 0) is 35.9 Å². The molecule has 3 aromatic heterocycles. The van der Waals surface area contributed by atoms with Crippen LogP contribution in [0.1, 0.15) is 21.7 Å². The first kappa shape index (κ1) is 25.0. The van der Waals surface area contributed by atoms with Gasteiger partial charge in [0.15, 0.2) is 0 Å². The molecule has 5 rings (SSSR count). The summed E-state index contributed by atoms with van der Waals surface area (Å²) in [4.78, 5) is 31.5. The number of hydrogen-bond donors (Lipinski definition) is 2. The number of fused-ring (bicyclic) bond motifs is 2. The number of alkyl halides is 3. The number of nitrogens with one attached hydrogen (secondary N) is 1. The van der Waals surface area contributed by atoms with E-state index in [2.05, 4.69) is 20.6 Å². The Kier molecular flexibility index (Phi) is 7.39. The highest BCUT2D eigenvalue weighted by Crippen LogP contribution is 2.21. The Morgan fingerprint density at radius 1 is 1.11 bits per heavy atom. The minimum Gasteiger partial charge on any atom is -0.475 e. The summed E-state index contributed by atoms with van der Waals surface area (Å²) in [6, 6.07) is 17.8. The number of nitrogens with zero attached hydrogens (tertiary/aromatic N) is 3. The lowest BCUT2D eigenvalue weighted by molar-refractivity contribution is -0.192. The van der Waals surface area contributed by atoms with Crippen LogP contribution in [-0.4, -0.2) is 55.2 Å². The number of carbonyl (C=O) groups is 2. The number of rotatable bonds is 4. The standard InChI is InChI=1S/C23H22N4O2.C2HF3O2/c28-23(22-11-18-6-1-2-8-21(18)25-22)27-13-19-7-4-10-26(19)14-20(15-27)29-16-17-5-3-9-24-12-17;3-2(4,5)1(6)7/h1-12,20,25H,13-16H2;(H,6,7). The number of halogens is 3. The topological polar surface area (TPSA) is 100 Å². The Labute approximate surface area is 203 Å². The van der Waals surface area contributed by atoms with Crippen LogP contribution in [0.2, 0.25) is 0 Å². The maximum atomic E-state index is 13.3. The van der Waals surface area contributed by atoms with Gasteiger partial charge in [0.05, 0.1) is 25.8 Å². The van der Waals surface area contributed by atoms with E-state index in [0.717, 1.165) is 28.7 Å². The van der Waals surface area contributed by atoms with Crippen LogP contribution < -0.4 is 0 Å². The van der Waals surface area contributed by atoms with E-state index >= 15 is 0 Å². The van der Waals surface area contributed by atoms with Gasteiger partial charge in [-0.2, -0.15) is 13.2 Å². The fraction of sp³-hybridized carbons (Fsp3) is 0.240. The minimum atomic E-state index is -5.08. The maximum absolute atomic E-state index is 13.3. The highest BCUT2D eigenvalue weighted by molar-refractivity contribution is 5.98. The largest absolute Gasteiger partial charge is 0.490 e. The van der Waals surface area contributed by atoms with E-state index in [0.29, 0.717) is 25.4 Å². The van der Waals surface area contributed by atoms with Crippen LogP contribution in [0, 0.1) is 0 Å². The summed E-state index contributed by atoms with van der Waals surface area (Å²) in [5.74, 6) is -2.77. The van der Waals surface area contributed by atoms with Gasteiger partial charge in [0.25, 0.3) is 5.91 Å². The van der Waals surface area contributed by atoms with Gasteiger partial charge in [-0.25, -0.2) is 4.79 Å². The third-order valence-electron chi connectivity index (χ3n) is 5.60. The molecule has 188 valence electrons. The molecule has 1 atom stereocenters. The molecule has 4 aromatic rings. The van der Waals surface area contributed by atoms with Crippen LogP contribution in [0.15, 0.2) is 73.2 Å². The number of benzene rings is 1. The molecular formula is C25H23F3N4O4. The number of aromatic amines is 1. The molecule has 0 bridgehead atoms. The van der Waals surface area contributed by atoms with E-state index in [-0.39, 0.29) is 12.0 Å². The van der Waals surface area contributed by atoms with Crippen molar-refractivity contribution < 1.29 is 32.6 Å². The Morgan fingerprint density at radius 2 is 1.89 bits per heavy atom. The van der Waals surface area contributed by atoms with Crippen LogP contribution in [0.3, 0.4) is 0 Å². The van der Waals surface area contributed by atoms with Gasteiger partial charge in [-0.3, -0.25) is 9.78 Å². The molecule has 1 unspecified atom stereocenters. The summed E-state index contributed by atoms with van der Waals surface area (Å²) in [5, 5.41) is 8.17. The van der Waals surface area contributed by atoms with Gasteiger partial charge in [-0.1, -0.05) is 24.3 Å². The number of pyridine rings is 1. The molecule has 36 heavy (non-hydrogen) atoms. The van der Waals surface area contributed by atoms with Crippen LogP contribution in [0.5, 0.6) is 0 Å². The number of hydrogen-bond acceptors (Lipinski definition) is 4. The van der Waals surface area contributed by atoms with Crippen molar-refractivity contribution in [2.75, 3.05) is 6.54 Å². The minimum absolute atomic E-state index is 0.00849. The lowest BCUT2D eigenvalue weighted by Gasteiger charge is -2.24. The lowest BCUT2D eigenvalue weighted by atomic mass is 10.2. The zero-order valence-corrected chi connectivity index (χ0v) is 19.0. The number of amides is 1. The van der Waals surface area contributed by atoms with Gasteiger partial charge >= 0.3 is 12.1 Å². The predicted octanol–water partition coefficient (Wildman–Crippen LogP) is 4.24. The normalized spacial score (nSPS) is 15.5. The van der Waals surface area contributed by atoms with Crippen LogP contribution >= 0.6 is 0 Å². The molecular weight excluding hydrogens is 477 g/mol. The van der Waals surface area contributed by atoms with Gasteiger partial charge in [0, 0.05) is 41.7 Å². The van der Waals surface area contributed by atoms with E-state index in [1.54, 1.807) is 6.20 Å². The van der Waals surface area contributed by atoms with Crippen molar-refractivity contribution in [3.05, 3.63) is 90.1 Å². The summed E-state index contributed by atoms with van der Waals surface area (Å²) >= 11 is 0. The Hall–Kier alpha value is -4.12. The first-order chi connectivity index (χ1) is 17.2. The summed E-state index contributed by atoms with van der Waals surface area (Å²) in [7, 11) is 0. The molecule has 0 saturated carbocycles. The second-order valence-corrected chi connectivity index (χ2v) is 8.21. The molecule has 0 aliphatic carbocycles. The highest BCUT2D eigenvalue weighted by atomic mass is 19.4. The summed E-state index contributed by atoms with van der Waals surface area (Å²) < 4.78 is 40.1. The first-order valence-electron chi connectivity index (χ1n) is 11.0. The van der Waals surface area contributed by atoms with Crippen molar-refractivity contribution in [3.63, 3.8) is 0 Å². The fourth-order valence-corrected chi connectivity index (χ4v) is 3.87. The van der Waals surface area contributed by atoms with Crippen molar-refractivity contribution in [3.8, 4) is 0 Å². The molecule has 4 heterocycles. The van der Waals surface area contributed by atoms with Crippen LogP contribution in [0.4, 0.5) is 13.2 Å². The number of ether oxygens (including phenoxy) is 1. The molecule has 2 N–H and O–H groups in total. The summed E-state index contributed by atoms with van der Waals surface area (Å²) in [6.07, 6.45) is 0.428. The molecule has 1 aromatic carbocycles. The van der Waals surface area contributed by atoms with Crippen molar-refractivity contribution >= 4 is 22.8 Å². The Morgan fingerprint density at radius 3 is 2.58 bits per heavy atom. The number of H-pyrrole nitrogens is 1. The second-order valence-electron chi connectivity index (χ2n) is 8.21. The van der Waals surface area contributed by atoms with Crippen LogP contribution in [-0.2, 0) is 29.2 Å². The van der Waals surface area contributed by atoms with Crippen molar-refractivity contribution in [2.24, 2.45) is 0 Å². The first-order valence-corrected chi connectivity index (χ1v) is 11.0. The summed E-state index contributed by atoms with van der Waals surface area (Å²) in [5.41, 5.74) is 3.72. The molecule has 11 heteroatoms. The molecule has 1 amide bonds. The van der Waals surface area contributed by atoms with Crippen molar-refractivity contribution in [1.29, 1.82) is 0 Å². The smallest absolute Gasteiger partial charge is 0.475 e. The van der Waals surface area contributed by atoms with E-state index in [9.17, 15) is 18.0 Å². The zero-order valence-electron chi connectivity index (χ0n) is 19.0. The molecule has 8 nitrogen and oxygen atoms in total. The van der Waals surface area contributed by atoms with Crippen molar-refractivity contribution in [2.45, 2.75) is 32.0 Å². The molecule has 1 aliphatic heterocycles. The Bertz CT molecular complexity index is 1300. The van der Waals surface area contributed by atoms with Crippen molar-refractivity contribution in [1.82, 2.24) is 19.4 Å². The molecule has 0 spiro atoms. The van der Waals surface area contributed by atoms with E-state index in [1.807, 2.05) is 65.8 Å². The number of aromatic nitrogens is 3. The molecule has 0 fully saturated rings. The van der Waals surface area contributed by atoms with E-state index < -0.39 is 12.1 Å². The maximum Gasteiger partial charge on any atom is 0.490 e. The van der Waals surface area contributed by atoms with Gasteiger partial charge < -0.3 is 24.3 Å². The average molecular weight is 500 g/mol. The molecule has 0 saturated heterocycles. The highest BCUT2D eigenvalue weighted by Gasteiger charge is 2.38. The van der Waals surface area contributed by atoms with E-state index in [1.165, 1.54) is 0 Å². The molecule has 0 radical (unpaired) electrons. The average Bonchev–Trinajstić information content (AvgIpc) is 3.45. The van der Waals surface area contributed by atoms with E-state index in [4.69, 9.17) is 14.6 Å².